The lowest BCUT2D eigenvalue weighted by molar-refractivity contribution is 1.29. The molecule has 7 rings (SSSR count). The molecule has 0 aliphatic rings. The number of fused-ring (bicyclic) bond motifs is 2. The lowest BCUT2D eigenvalue weighted by atomic mass is 10.1. The van der Waals surface area contributed by atoms with E-state index in [4.69, 9.17) is 19.9 Å². The molecule has 0 unspecified atom stereocenters. The third-order valence-corrected chi connectivity index (χ3v) is 12.2. The minimum absolute atomic E-state index is 0.788. The first-order chi connectivity index (χ1) is 18.4. The highest BCUT2D eigenvalue weighted by atomic mass is 79.9. The van der Waals surface area contributed by atoms with Crippen molar-refractivity contribution in [3.05, 3.63) is 75.8 Å². The molecular formula is C26H10Br4N4S4. The normalized spacial score (nSPS) is 11.7. The molecule has 186 valence electrons. The van der Waals surface area contributed by atoms with Gasteiger partial charge in [-0.3, -0.25) is 0 Å². The largest absolute Gasteiger partial charge is 0.243 e. The Morgan fingerprint density at radius 2 is 0.605 bits per heavy atom. The van der Waals surface area contributed by atoms with Gasteiger partial charge < -0.3 is 0 Å². The fourth-order valence-corrected chi connectivity index (χ4v) is 9.57. The molecule has 0 amide bonds. The van der Waals surface area contributed by atoms with Crippen molar-refractivity contribution in [3.63, 3.8) is 0 Å². The molecule has 0 bridgehead atoms. The Labute approximate surface area is 266 Å². The molecule has 7 aromatic rings. The number of aromatic nitrogens is 4. The van der Waals surface area contributed by atoms with Gasteiger partial charge in [-0.15, -0.1) is 45.3 Å². The van der Waals surface area contributed by atoms with Crippen LogP contribution in [-0.4, -0.2) is 19.9 Å². The summed E-state index contributed by atoms with van der Waals surface area (Å²) in [6.45, 7) is 0. The molecule has 0 radical (unpaired) electrons. The van der Waals surface area contributed by atoms with Crippen LogP contribution in [0.2, 0.25) is 0 Å². The topological polar surface area (TPSA) is 51.6 Å². The van der Waals surface area contributed by atoms with Crippen LogP contribution in [0.15, 0.2) is 75.8 Å². The smallest absolute Gasteiger partial charge is 0.108 e. The summed E-state index contributed by atoms with van der Waals surface area (Å²) in [5, 5.41) is 0. The first kappa shape index (κ1) is 25.6. The maximum Gasteiger partial charge on any atom is 0.108 e. The average molecular weight is 826 g/mol. The Bertz CT molecular complexity index is 1720. The zero-order valence-electron chi connectivity index (χ0n) is 18.7. The van der Waals surface area contributed by atoms with Crippen LogP contribution >= 0.6 is 109 Å². The third-order valence-electron chi connectivity index (χ3n) is 5.68. The van der Waals surface area contributed by atoms with Gasteiger partial charge in [-0.25, -0.2) is 19.9 Å². The lowest BCUT2D eigenvalue weighted by Crippen LogP contribution is -1.97. The second-order valence-electron chi connectivity index (χ2n) is 8.09. The lowest BCUT2D eigenvalue weighted by Gasteiger charge is -2.10. The standard InChI is InChI=1S/C26H10Br4N4S4/c27-19-5-1-15(35-19)23-24(16-2-6-20(28)36-16)32-12-10-14-13(9-11(12)31-23)33-25(17-3-7-21(29)37-17)26(34-14)18-4-8-22(30)38-18/h1-10H. The van der Waals surface area contributed by atoms with Crippen LogP contribution in [-0.2, 0) is 0 Å². The van der Waals surface area contributed by atoms with Crippen LogP contribution in [0.3, 0.4) is 0 Å². The van der Waals surface area contributed by atoms with Gasteiger partial charge in [0.1, 0.15) is 22.8 Å². The molecule has 1 aromatic carbocycles. The summed E-state index contributed by atoms with van der Waals surface area (Å²) >= 11 is 21.0. The van der Waals surface area contributed by atoms with Gasteiger partial charge in [-0.1, -0.05) is 0 Å². The number of nitrogens with zero attached hydrogens (tertiary/aromatic N) is 4. The zero-order valence-corrected chi connectivity index (χ0v) is 28.3. The van der Waals surface area contributed by atoms with E-state index in [0.29, 0.717) is 0 Å². The summed E-state index contributed by atoms with van der Waals surface area (Å²) in [6.07, 6.45) is 0. The van der Waals surface area contributed by atoms with E-state index in [1.807, 2.05) is 36.4 Å². The van der Waals surface area contributed by atoms with E-state index in [1.54, 1.807) is 45.3 Å². The fourth-order valence-electron chi connectivity index (χ4n) is 4.06. The van der Waals surface area contributed by atoms with Gasteiger partial charge in [-0.2, -0.15) is 0 Å². The molecule has 0 fully saturated rings. The molecule has 38 heavy (non-hydrogen) atoms. The molecule has 6 aromatic heterocycles. The highest BCUT2D eigenvalue weighted by molar-refractivity contribution is 9.11. The number of benzene rings is 1. The average Bonchev–Trinajstić information content (AvgIpc) is 3.70. The summed E-state index contributed by atoms with van der Waals surface area (Å²) in [6, 6.07) is 20.5. The summed E-state index contributed by atoms with van der Waals surface area (Å²) in [4.78, 5) is 24.7. The Kier molecular flexibility index (Phi) is 6.88. The van der Waals surface area contributed by atoms with Crippen molar-refractivity contribution in [1.29, 1.82) is 0 Å². The number of hydrogen-bond acceptors (Lipinski definition) is 8. The highest BCUT2D eigenvalue weighted by Gasteiger charge is 2.20. The van der Waals surface area contributed by atoms with E-state index in [0.717, 1.165) is 79.5 Å². The highest BCUT2D eigenvalue weighted by Crippen LogP contribution is 2.42. The predicted molar refractivity (Wildman–Crippen MR) is 177 cm³/mol. The van der Waals surface area contributed by atoms with Gasteiger partial charge in [0.2, 0.25) is 0 Å². The van der Waals surface area contributed by atoms with Crippen LogP contribution < -0.4 is 0 Å². The van der Waals surface area contributed by atoms with Gasteiger partial charge in [0.25, 0.3) is 0 Å². The van der Waals surface area contributed by atoms with Crippen molar-refractivity contribution in [1.82, 2.24) is 19.9 Å². The second kappa shape index (κ2) is 10.2. The maximum absolute atomic E-state index is 5.13. The Morgan fingerprint density at radius 3 is 0.789 bits per heavy atom. The number of rotatable bonds is 4. The minimum atomic E-state index is 0.788. The van der Waals surface area contributed by atoms with Crippen LogP contribution in [0.1, 0.15) is 0 Å². The Balaban J connectivity index is 1.50. The first-order valence-electron chi connectivity index (χ1n) is 11.0. The molecule has 0 atom stereocenters. The van der Waals surface area contributed by atoms with Crippen molar-refractivity contribution in [2.45, 2.75) is 0 Å². The maximum atomic E-state index is 5.13. The SMILES string of the molecule is Brc1ccc(-c2nc3cc4nc(-c5ccc(Br)s5)c(-c5ccc(Br)s5)nc4cc3nc2-c2ccc(Br)s2)s1. The third kappa shape index (κ3) is 4.77. The first-order valence-corrected chi connectivity index (χ1v) is 17.4. The molecule has 0 aliphatic heterocycles. The van der Waals surface area contributed by atoms with Crippen molar-refractivity contribution in [2.75, 3.05) is 0 Å². The van der Waals surface area contributed by atoms with Crippen molar-refractivity contribution < 1.29 is 0 Å². The summed E-state index contributed by atoms with van der Waals surface area (Å²) < 4.78 is 4.21. The number of thiophene rings is 4. The van der Waals surface area contributed by atoms with Crippen LogP contribution in [0, 0.1) is 0 Å². The Morgan fingerprint density at radius 1 is 0.368 bits per heavy atom. The van der Waals surface area contributed by atoms with E-state index in [9.17, 15) is 0 Å². The molecule has 0 spiro atoms. The fraction of sp³-hybridized carbons (Fsp3) is 0. The van der Waals surface area contributed by atoms with Crippen LogP contribution in [0.4, 0.5) is 0 Å². The van der Waals surface area contributed by atoms with E-state index in [1.165, 1.54) is 0 Å². The zero-order chi connectivity index (χ0) is 26.0. The van der Waals surface area contributed by atoms with Gasteiger partial charge in [0.15, 0.2) is 0 Å². The molecule has 0 saturated heterocycles. The van der Waals surface area contributed by atoms with Crippen LogP contribution in [0.5, 0.6) is 0 Å². The van der Waals surface area contributed by atoms with Gasteiger partial charge in [-0.05, 0) is 124 Å². The molecule has 4 nitrogen and oxygen atoms in total. The quantitative estimate of drug-likeness (QED) is 0.166. The summed E-state index contributed by atoms with van der Waals surface area (Å²) in [5.41, 5.74) is 6.58. The summed E-state index contributed by atoms with van der Waals surface area (Å²) in [7, 11) is 0. The van der Waals surface area contributed by atoms with Gasteiger partial charge >= 0.3 is 0 Å². The summed E-state index contributed by atoms with van der Waals surface area (Å²) in [5.74, 6) is 0. The van der Waals surface area contributed by atoms with Gasteiger partial charge in [0.05, 0.1) is 56.7 Å². The predicted octanol–water partition coefficient (Wildman–Crippen LogP) is 11.5. The van der Waals surface area contributed by atoms with E-state index < -0.39 is 0 Å². The van der Waals surface area contributed by atoms with Gasteiger partial charge in [0, 0.05) is 0 Å². The Hall–Kier alpha value is -1.38. The molecular weight excluding hydrogens is 816 g/mol. The van der Waals surface area contributed by atoms with Crippen molar-refractivity contribution in [2.24, 2.45) is 0 Å². The van der Waals surface area contributed by atoms with E-state index in [-0.39, 0.29) is 0 Å². The molecule has 12 heteroatoms. The molecule has 0 N–H and O–H groups in total. The monoisotopic (exact) mass is 822 g/mol. The van der Waals surface area contributed by atoms with E-state index in [2.05, 4.69) is 88.0 Å². The molecule has 0 saturated carbocycles. The van der Waals surface area contributed by atoms with Crippen molar-refractivity contribution >= 4 is 131 Å². The number of halogens is 4. The van der Waals surface area contributed by atoms with Crippen LogP contribution in [0.25, 0.3) is 64.4 Å². The molecule has 0 aliphatic carbocycles. The van der Waals surface area contributed by atoms with Crippen molar-refractivity contribution in [3.8, 4) is 42.3 Å². The number of hydrogen-bond donors (Lipinski definition) is 0. The van der Waals surface area contributed by atoms with E-state index >= 15 is 0 Å². The minimum Gasteiger partial charge on any atom is -0.243 e. The molecule has 6 heterocycles. The second-order valence-corrected chi connectivity index (χ2v) is 17.9.